The van der Waals surface area contributed by atoms with Crippen molar-refractivity contribution in [2.75, 3.05) is 27.6 Å². The van der Waals surface area contributed by atoms with Gasteiger partial charge in [0.2, 0.25) is 0 Å². The average molecular weight is 211 g/mol. The molecular formula is C11H15O4. The van der Waals surface area contributed by atoms with Gasteiger partial charge in [0.1, 0.15) is 0 Å². The maximum Gasteiger partial charge on any atom is 0.188 e. The van der Waals surface area contributed by atoms with Crippen LogP contribution < -0.4 is 9.47 Å². The Morgan fingerprint density at radius 1 is 1.20 bits per heavy atom. The highest BCUT2D eigenvalue weighted by atomic mass is 16.7. The SMILES string of the molecule is COCOc1ccc(CC[O])cc1OC. The summed E-state index contributed by atoms with van der Waals surface area (Å²) in [5, 5.41) is 10.5. The molecule has 15 heavy (non-hydrogen) atoms. The fourth-order valence-corrected chi connectivity index (χ4v) is 1.23. The van der Waals surface area contributed by atoms with E-state index in [0.717, 1.165) is 5.56 Å². The first-order chi connectivity index (χ1) is 7.31. The maximum absolute atomic E-state index is 10.5. The molecular weight excluding hydrogens is 196 g/mol. The van der Waals surface area contributed by atoms with Crippen molar-refractivity contribution in [3.8, 4) is 11.5 Å². The monoisotopic (exact) mass is 211 g/mol. The third-order valence-corrected chi connectivity index (χ3v) is 1.95. The molecule has 0 atom stereocenters. The highest BCUT2D eigenvalue weighted by molar-refractivity contribution is 5.42. The predicted octanol–water partition coefficient (Wildman–Crippen LogP) is 1.65. The first-order valence-corrected chi connectivity index (χ1v) is 4.68. The summed E-state index contributed by atoms with van der Waals surface area (Å²) in [5.74, 6) is 1.24. The van der Waals surface area contributed by atoms with Gasteiger partial charge >= 0.3 is 0 Å². The predicted molar refractivity (Wildman–Crippen MR) is 54.8 cm³/mol. The molecule has 1 radical (unpaired) electrons. The molecule has 0 bridgehead atoms. The summed E-state index contributed by atoms with van der Waals surface area (Å²) in [6.07, 6.45) is 0.501. The zero-order valence-electron chi connectivity index (χ0n) is 8.99. The third kappa shape index (κ3) is 3.42. The van der Waals surface area contributed by atoms with E-state index in [-0.39, 0.29) is 13.4 Å². The van der Waals surface area contributed by atoms with Gasteiger partial charge in [-0.15, -0.1) is 0 Å². The summed E-state index contributed by atoms with van der Waals surface area (Å²) in [6.45, 7) is 0.0543. The minimum atomic E-state index is -0.124. The maximum atomic E-state index is 10.5. The molecule has 0 N–H and O–H groups in total. The van der Waals surface area contributed by atoms with Gasteiger partial charge in [-0.3, -0.25) is 0 Å². The van der Waals surface area contributed by atoms with Crippen molar-refractivity contribution in [1.82, 2.24) is 0 Å². The van der Waals surface area contributed by atoms with Gasteiger partial charge in [-0.1, -0.05) is 6.07 Å². The van der Waals surface area contributed by atoms with E-state index in [9.17, 15) is 5.11 Å². The van der Waals surface area contributed by atoms with E-state index in [2.05, 4.69) is 0 Å². The number of hydrogen-bond acceptors (Lipinski definition) is 3. The van der Waals surface area contributed by atoms with Gasteiger partial charge in [-0.2, -0.15) is 0 Å². The minimum absolute atomic E-state index is 0.124. The van der Waals surface area contributed by atoms with Crippen LogP contribution in [0.1, 0.15) is 5.56 Å². The van der Waals surface area contributed by atoms with Crippen LogP contribution in [0.3, 0.4) is 0 Å². The zero-order valence-corrected chi connectivity index (χ0v) is 8.99. The van der Waals surface area contributed by atoms with Gasteiger partial charge in [-0.25, -0.2) is 5.11 Å². The fourth-order valence-electron chi connectivity index (χ4n) is 1.23. The average Bonchev–Trinajstić information content (AvgIpc) is 2.27. The van der Waals surface area contributed by atoms with Gasteiger partial charge in [0.25, 0.3) is 0 Å². The Hall–Kier alpha value is -1.26. The van der Waals surface area contributed by atoms with Crippen molar-refractivity contribution in [3.05, 3.63) is 23.8 Å². The molecule has 0 amide bonds. The van der Waals surface area contributed by atoms with Crippen molar-refractivity contribution >= 4 is 0 Å². The van der Waals surface area contributed by atoms with E-state index in [1.165, 1.54) is 0 Å². The summed E-state index contributed by atoms with van der Waals surface area (Å²) in [7, 11) is 3.12. The first-order valence-electron chi connectivity index (χ1n) is 4.68. The largest absolute Gasteiger partial charge is 0.493 e. The molecule has 0 fully saturated rings. The van der Waals surface area contributed by atoms with E-state index >= 15 is 0 Å². The Labute approximate surface area is 89.4 Å². The van der Waals surface area contributed by atoms with Crippen LogP contribution in [0.15, 0.2) is 18.2 Å². The number of hydrogen-bond donors (Lipinski definition) is 0. The summed E-state index contributed by atoms with van der Waals surface area (Å²) in [6, 6.07) is 5.44. The number of benzene rings is 1. The van der Waals surface area contributed by atoms with E-state index in [1.807, 2.05) is 12.1 Å². The summed E-state index contributed by atoms with van der Waals surface area (Å²) >= 11 is 0. The molecule has 0 saturated heterocycles. The van der Waals surface area contributed by atoms with Gasteiger partial charge < -0.3 is 14.2 Å². The van der Waals surface area contributed by atoms with E-state index in [1.54, 1.807) is 20.3 Å². The Morgan fingerprint density at radius 2 is 2.00 bits per heavy atom. The van der Waals surface area contributed by atoms with Crippen molar-refractivity contribution in [2.24, 2.45) is 0 Å². The van der Waals surface area contributed by atoms with Crippen LogP contribution in [0.25, 0.3) is 0 Å². The second kappa shape index (κ2) is 6.27. The molecule has 1 aromatic rings. The lowest BCUT2D eigenvalue weighted by Crippen LogP contribution is -2.01. The summed E-state index contributed by atoms with van der Waals surface area (Å²) in [5.41, 5.74) is 0.951. The Morgan fingerprint density at radius 3 is 2.60 bits per heavy atom. The van der Waals surface area contributed by atoms with E-state index in [0.29, 0.717) is 17.9 Å². The molecule has 0 aliphatic heterocycles. The summed E-state index contributed by atoms with van der Waals surface area (Å²) < 4.78 is 15.2. The highest BCUT2D eigenvalue weighted by Crippen LogP contribution is 2.28. The van der Waals surface area contributed by atoms with Crippen LogP contribution >= 0.6 is 0 Å². The van der Waals surface area contributed by atoms with E-state index < -0.39 is 0 Å². The quantitative estimate of drug-likeness (QED) is 0.672. The Kier molecular flexibility index (Phi) is 4.93. The lowest BCUT2D eigenvalue weighted by Gasteiger charge is -2.10. The number of methoxy groups -OCH3 is 2. The molecule has 0 spiro atoms. The molecule has 83 valence electrons. The van der Waals surface area contributed by atoms with Crippen LogP contribution in [0.4, 0.5) is 0 Å². The minimum Gasteiger partial charge on any atom is -0.493 e. The van der Waals surface area contributed by atoms with Gasteiger partial charge in [0.05, 0.1) is 13.7 Å². The molecule has 0 heterocycles. The summed E-state index contributed by atoms with van der Waals surface area (Å²) in [4.78, 5) is 0. The molecule has 1 rings (SSSR count). The standard InChI is InChI=1S/C11H15O4/c1-13-8-15-10-4-3-9(5-6-12)7-11(10)14-2/h3-4,7H,5-6,8H2,1-2H3. The normalized spacial score (nSPS) is 10.1. The molecule has 0 saturated carbocycles. The van der Waals surface area contributed by atoms with Gasteiger partial charge in [0.15, 0.2) is 18.3 Å². The zero-order chi connectivity index (χ0) is 11.1. The Balaban J connectivity index is 2.78. The van der Waals surface area contributed by atoms with Crippen molar-refractivity contribution in [1.29, 1.82) is 0 Å². The van der Waals surface area contributed by atoms with Crippen LogP contribution in [0, 0.1) is 0 Å². The molecule has 4 nitrogen and oxygen atoms in total. The fraction of sp³-hybridized carbons (Fsp3) is 0.455. The van der Waals surface area contributed by atoms with Crippen molar-refractivity contribution < 1.29 is 19.3 Å². The first kappa shape index (κ1) is 11.8. The smallest absolute Gasteiger partial charge is 0.188 e. The molecule has 0 aliphatic rings. The van der Waals surface area contributed by atoms with Gasteiger partial charge in [-0.05, 0) is 24.1 Å². The number of rotatable bonds is 6. The van der Waals surface area contributed by atoms with Crippen LogP contribution in [-0.2, 0) is 16.3 Å². The van der Waals surface area contributed by atoms with Crippen LogP contribution in [0.2, 0.25) is 0 Å². The molecule has 0 aromatic heterocycles. The van der Waals surface area contributed by atoms with Crippen molar-refractivity contribution in [3.63, 3.8) is 0 Å². The van der Waals surface area contributed by atoms with Gasteiger partial charge in [0, 0.05) is 7.11 Å². The lowest BCUT2D eigenvalue weighted by atomic mass is 10.1. The number of ether oxygens (including phenoxy) is 3. The van der Waals surface area contributed by atoms with Crippen LogP contribution in [-0.4, -0.2) is 27.6 Å². The third-order valence-electron chi connectivity index (χ3n) is 1.95. The molecule has 0 aliphatic carbocycles. The molecule has 1 aromatic carbocycles. The second-order valence-electron chi connectivity index (χ2n) is 2.99. The topological polar surface area (TPSA) is 47.6 Å². The molecule has 0 unspecified atom stereocenters. The second-order valence-corrected chi connectivity index (χ2v) is 2.99. The van der Waals surface area contributed by atoms with Crippen molar-refractivity contribution in [2.45, 2.75) is 6.42 Å². The lowest BCUT2D eigenvalue weighted by molar-refractivity contribution is 0.0491. The van der Waals surface area contributed by atoms with Crippen LogP contribution in [0.5, 0.6) is 11.5 Å². The van der Waals surface area contributed by atoms with E-state index in [4.69, 9.17) is 14.2 Å². The highest BCUT2D eigenvalue weighted by Gasteiger charge is 2.05. The molecule has 4 heteroatoms. The Bertz CT molecular complexity index is 299.